The van der Waals surface area contributed by atoms with Crippen LogP contribution in [0.15, 0.2) is 29.3 Å². The number of likely N-dealkylation sites (tertiary alicyclic amines) is 1. The number of rotatable bonds is 6. The maximum Gasteiger partial charge on any atom is 0.409 e. The van der Waals surface area contributed by atoms with Gasteiger partial charge in [0, 0.05) is 26.2 Å². The molecular weight excluding hydrogens is 332 g/mol. The molecule has 2 rings (SSSR count). The molecule has 0 unspecified atom stereocenters. The van der Waals surface area contributed by atoms with Crippen molar-refractivity contribution in [1.82, 2.24) is 15.5 Å². The van der Waals surface area contributed by atoms with E-state index in [4.69, 9.17) is 9.47 Å². The van der Waals surface area contributed by atoms with Crippen LogP contribution in [0.5, 0.6) is 5.75 Å². The van der Waals surface area contributed by atoms with Crippen molar-refractivity contribution in [2.75, 3.05) is 39.9 Å². The Morgan fingerprint density at radius 2 is 1.96 bits per heavy atom. The highest BCUT2D eigenvalue weighted by Crippen LogP contribution is 2.12. The molecule has 1 fully saturated rings. The second kappa shape index (κ2) is 10.5. The lowest BCUT2D eigenvalue weighted by Crippen LogP contribution is -2.50. The Labute approximate surface area is 155 Å². The first-order chi connectivity index (χ1) is 12.6. The molecular formula is C19H30N4O3. The van der Waals surface area contributed by atoms with Crippen LogP contribution >= 0.6 is 0 Å². The van der Waals surface area contributed by atoms with E-state index >= 15 is 0 Å². The maximum absolute atomic E-state index is 11.7. The van der Waals surface area contributed by atoms with E-state index in [1.807, 2.05) is 31.2 Å². The van der Waals surface area contributed by atoms with Gasteiger partial charge in [-0.2, -0.15) is 0 Å². The Hall–Kier alpha value is -2.44. The monoisotopic (exact) mass is 362 g/mol. The summed E-state index contributed by atoms with van der Waals surface area (Å²) in [6.45, 7) is 6.91. The van der Waals surface area contributed by atoms with Gasteiger partial charge in [-0.1, -0.05) is 17.7 Å². The lowest BCUT2D eigenvalue weighted by molar-refractivity contribution is 0.0963. The van der Waals surface area contributed by atoms with Gasteiger partial charge in [-0.15, -0.1) is 0 Å². The summed E-state index contributed by atoms with van der Waals surface area (Å²) in [6, 6.07) is 8.31. The molecule has 1 aliphatic rings. The van der Waals surface area contributed by atoms with Crippen molar-refractivity contribution in [2.45, 2.75) is 32.7 Å². The Balaban J connectivity index is 1.65. The van der Waals surface area contributed by atoms with Gasteiger partial charge in [0.1, 0.15) is 12.4 Å². The van der Waals surface area contributed by atoms with Crippen molar-refractivity contribution in [3.8, 4) is 5.75 Å². The molecule has 0 bridgehead atoms. The van der Waals surface area contributed by atoms with Gasteiger partial charge in [-0.25, -0.2) is 4.79 Å². The van der Waals surface area contributed by atoms with E-state index in [9.17, 15) is 4.79 Å². The second-order valence-electron chi connectivity index (χ2n) is 6.27. The van der Waals surface area contributed by atoms with Crippen LogP contribution in [0.1, 0.15) is 25.3 Å². The average molecular weight is 362 g/mol. The number of guanidine groups is 1. The van der Waals surface area contributed by atoms with E-state index in [0.29, 0.717) is 38.9 Å². The van der Waals surface area contributed by atoms with Crippen molar-refractivity contribution in [1.29, 1.82) is 0 Å². The highest BCUT2D eigenvalue weighted by molar-refractivity contribution is 5.80. The molecule has 0 atom stereocenters. The topological polar surface area (TPSA) is 75.2 Å². The predicted molar refractivity (Wildman–Crippen MR) is 103 cm³/mol. The van der Waals surface area contributed by atoms with E-state index < -0.39 is 0 Å². The number of aryl methyl sites for hydroxylation is 1. The molecule has 1 aromatic carbocycles. The zero-order valence-electron chi connectivity index (χ0n) is 16.0. The lowest BCUT2D eigenvalue weighted by atomic mass is 10.1. The maximum atomic E-state index is 11.7. The molecule has 0 aromatic heterocycles. The molecule has 1 aromatic rings. The molecule has 1 aliphatic heterocycles. The van der Waals surface area contributed by atoms with E-state index in [0.717, 1.165) is 24.6 Å². The summed E-state index contributed by atoms with van der Waals surface area (Å²) >= 11 is 0. The summed E-state index contributed by atoms with van der Waals surface area (Å²) in [7, 11) is 1.75. The number of hydrogen-bond donors (Lipinski definition) is 2. The predicted octanol–water partition coefficient (Wildman–Crippen LogP) is 2.16. The fourth-order valence-electron chi connectivity index (χ4n) is 2.78. The van der Waals surface area contributed by atoms with Gasteiger partial charge in [-0.3, -0.25) is 4.99 Å². The summed E-state index contributed by atoms with van der Waals surface area (Å²) in [5.41, 5.74) is 1.22. The zero-order chi connectivity index (χ0) is 18.8. The van der Waals surface area contributed by atoms with Crippen molar-refractivity contribution in [3.05, 3.63) is 29.8 Å². The molecule has 0 aliphatic carbocycles. The molecule has 144 valence electrons. The number of ether oxygens (including phenoxy) is 2. The minimum atomic E-state index is -0.221. The van der Waals surface area contributed by atoms with Crippen LogP contribution in [0.2, 0.25) is 0 Å². The first kappa shape index (κ1) is 19.9. The summed E-state index contributed by atoms with van der Waals surface area (Å²) in [5.74, 6) is 1.62. The largest absolute Gasteiger partial charge is 0.492 e. The van der Waals surface area contributed by atoms with Crippen LogP contribution < -0.4 is 15.4 Å². The van der Waals surface area contributed by atoms with Gasteiger partial charge >= 0.3 is 6.09 Å². The summed E-state index contributed by atoms with van der Waals surface area (Å²) in [5, 5.41) is 6.67. The molecule has 7 nitrogen and oxygen atoms in total. The van der Waals surface area contributed by atoms with Crippen LogP contribution in [-0.4, -0.2) is 62.9 Å². The van der Waals surface area contributed by atoms with Crippen LogP contribution in [0.3, 0.4) is 0 Å². The SMILES string of the molecule is CCOC(=O)N1CCC(NC(=NC)NCCOc2ccc(C)cc2)CC1. The lowest BCUT2D eigenvalue weighted by Gasteiger charge is -2.32. The number of aliphatic imine (C=N–C) groups is 1. The number of nitrogens with zero attached hydrogens (tertiary/aromatic N) is 2. The van der Waals surface area contributed by atoms with Crippen LogP contribution in [0.25, 0.3) is 0 Å². The van der Waals surface area contributed by atoms with Crippen molar-refractivity contribution >= 4 is 12.1 Å². The van der Waals surface area contributed by atoms with E-state index in [2.05, 4.69) is 22.5 Å². The van der Waals surface area contributed by atoms with Gasteiger partial charge in [0.25, 0.3) is 0 Å². The van der Waals surface area contributed by atoms with E-state index in [-0.39, 0.29) is 6.09 Å². The van der Waals surface area contributed by atoms with Crippen LogP contribution in [0.4, 0.5) is 4.79 Å². The summed E-state index contributed by atoms with van der Waals surface area (Å²) in [4.78, 5) is 17.7. The van der Waals surface area contributed by atoms with Crippen molar-refractivity contribution < 1.29 is 14.3 Å². The molecule has 2 N–H and O–H groups in total. The fourth-order valence-corrected chi connectivity index (χ4v) is 2.78. The number of amides is 1. The molecule has 0 saturated carbocycles. The standard InChI is InChI=1S/C19H30N4O3/c1-4-25-19(24)23-12-9-16(10-13-23)22-18(20-3)21-11-14-26-17-7-5-15(2)6-8-17/h5-8,16H,4,9-14H2,1-3H3,(H2,20,21,22). The van der Waals surface area contributed by atoms with E-state index in [1.54, 1.807) is 11.9 Å². The Morgan fingerprint density at radius 3 is 2.58 bits per heavy atom. The number of hydrogen-bond acceptors (Lipinski definition) is 4. The van der Waals surface area contributed by atoms with Gasteiger partial charge < -0.3 is 25.0 Å². The highest BCUT2D eigenvalue weighted by Gasteiger charge is 2.23. The number of carbonyl (C=O) groups is 1. The first-order valence-electron chi connectivity index (χ1n) is 9.20. The fraction of sp³-hybridized carbons (Fsp3) is 0.579. The normalized spacial score (nSPS) is 15.5. The minimum absolute atomic E-state index is 0.221. The summed E-state index contributed by atoms with van der Waals surface area (Å²) < 4.78 is 10.7. The van der Waals surface area contributed by atoms with Crippen LogP contribution in [0, 0.1) is 6.92 Å². The average Bonchev–Trinajstić information content (AvgIpc) is 2.66. The highest BCUT2D eigenvalue weighted by atomic mass is 16.6. The number of carbonyl (C=O) groups excluding carboxylic acids is 1. The quantitative estimate of drug-likeness (QED) is 0.461. The number of piperidine rings is 1. The third-order valence-corrected chi connectivity index (χ3v) is 4.27. The van der Waals surface area contributed by atoms with Crippen molar-refractivity contribution in [3.63, 3.8) is 0 Å². The Morgan fingerprint density at radius 1 is 1.27 bits per heavy atom. The molecule has 1 saturated heterocycles. The van der Waals surface area contributed by atoms with Gasteiger partial charge in [-0.05, 0) is 38.8 Å². The summed E-state index contributed by atoms with van der Waals surface area (Å²) in [6.07, 6.45) is 1.53. The van der Waals surface area contributed by atoms with Gasteiger partial charge in [0.2, 0.25) is 0 Å². The molecule has 0 radical (unpaired) electrons. The van der Waals surface area contributed by atoms with Crippen molar-refractivity contribution in [2.24, 2.45) is 4.99 Å². The second-order valence-corrected chi connectivity index (χ2v) is 6.27. The molecule has 26 heavy (non-hydrogen) atoms. The van der Waals surface area contributed by atoms with Crippen LogP contribution in [-0.2, 0) is 4.74 Å². The number of benzene rings is 1. The third-order valence-electron chi connectivity index (χ3n) is 4.27. The molecule has 1 heterocycles. The van der Waals surface area contributed by atoms with Gasteiger partial charge in [0.15, 0.2) is 5.96 Å². The third kappa shape index (κ3) is 6.46. The Bertz CT molecular complexity index is 581. The molecule has 0 spiro atoms. The smallest absolute Gasteiger partial charge is 0.409 e. The molecule has 7 heteroatoms. The Kier molecular flexibility index (Phi) is 8.05. The molecule has 1 amide bonds. The number of nitrogens with one attached hydrogen (secondary N) is 2. The minimum Gasteiger partial charge on any atom is -0.492 e. The first-order valence-corrected chi connectivity index (χ1v) is 9.20. The van der Waals surface area contributed by atoms with E-state index in [1.165, 1.54) is 5.56 Å². The zero-order valence-corrected chi connectivity index (χ0v) is 16.0. The van der Waals surface area contributed by atoms with Gasteiger partial charge in [0.05, 0.1) is 13.2 Å².